The lowest BCUT2D eigenvalue weighted by Crippen LogP contribution is -2.53. The molecule has 4 rings (SSSR count). The van der Waals surface area contributed by atoms with Gasteiger partial charge >= 0.3 is 0 Å². The first kappa shape index (κ1) is 18.5. The van der Waals surface area contributed by atoms with Crippen LogP contribution in [-0.4, -0.2) is 69.2 Å². The second-order valence-electron chi connectivity index (χ2n) is 7.07. The average Bonchev–Trinajstić information content (AvgIpc) is 3.41. The van der Waals surface area contributed by atoms with E-state index in [0.717, 1.165) is 50.2 Å². The maximum Gasteiger partial charge on any atom is 0.289 e. The van der Waals surface area contributed by atoms with Gasteiger partial charge in [0.15, 0.2) is 17.5 Å². The quantitative estimate of drug-likeness (QED) is 0.627. The van der Waals surface area contributed by atoms with Gasteiger partial charge in [0.1, 0.15) is 12.4 Å². The molecule has 0 radical (unpaired) electrons. The largest absolute Gasteiger partial charge is 0.459 e. The number of amides is 1. The number of furan rings is 1. The number of aliphatic imine (C=N–C) groups is 1. The van der Waals surface area contributed by atoms with Crippen LogP contribution in [0.25, 0.3) is 0 Å². The predicted molar refractivity (Wildman–Crippen MR) is 104 cm³/mol. The highest BCUT2D eigenvalue weighted by molar-refractivity contribution is 5.91. The number of nitrogens with zero attached hydrogens (tertiary/aromatic N) is 6. The fourth-order valence-electron chi connectivity index (χ4n) is 3.73. The minimum absolute atomic E-state index is 0.0540. The zero-order valence-corrected chi connectivity index (χ0v) is 16.3. The molecule has 4 heterocycles. The predicted octanol–water partition coefficient (Wildman–Crippen LogP) is 1.13. The molecule has 1 N–H and O–H groups in total. The summed E-state index contributed by atoms with van der Waals surface area (Å²) in [5, 5.41) is 12.0. The van der Waals surface area contributed by atoms with Crippen LogP contribution >= 0.6 is 0 Å². The molecule has 0 bridgehead atoms. The van der Waals surface area contributed by atoms with Gasteiger partial charge in [0, 0.05) is 45.7 Å². The molecule has 1 amide bonds. The van der Waals surface area contributed by atoms with Crippen molar-refractivity contribution in [3.05, 3.63) is 35.8 Å². The van der Waals surface area contributed by atoms with Gasteiger partial charge in [-0.3, -0.25) is 4.79 Å². The number of fused-ring (bicyclic) bond motifs is 1. The van der Waals surface area contributed by atoms with Crippen molar-refractivity contribution in [2.24, 2.45) is 4.99 Å². The van der Waals surface area contributed by atoms with Crippen LogP contribution in [0.4, 0.5) is 0 Å². The molecule has 0 atom stereocenters. The van der Waals surface area contributed by atoms with E-state index in [1.165, 1.54) is 19.1 Å². The van der Waals surface area contributed by atoms with Gasteiger partial charge in [-0.25, -0.2) is 4.99 Å². The first-order chi connectivity index (χ1) is 13.8. The van der Waals surface area contributed by atoms with Crippen LogP contribution < -0.4 is 5.32 Å². The molecule has 0 aliphatic carbocycles. The van der Waals surface area contributed by atoms with Crippen molar-refractivity contribution in [2.45, 2.75) is 39.3 Å². The van der Waals surface area contributed by atoms with Gasteiger partial charge in [-0.1, -0.05) is 0 Å². The number of aromatic nitrogens is 3. The molecular weight excluding hydrogens is 358 g/mol. The van der Waals surface area contributed by atoms with Crippen molar-refractivity contribution in [3.8, 4) is 0 Å². The summed E-state index contributed by atoms with van der Waals surface area (Å²) in [6, 6.07) is 3.45. The molecule has 0 saturated carbocycles. The number of aryl methyl sites for hydroxylation is 1. The zero-order chi connectivity index (χ0) is 19.3. The molecule has 1 saturated heterocycles. The number of hydrogen-bond acceptors (Lipinski definition) is 5. The van der Waals surface area contributed by atoms with Crippen LogP contribution in [0, 0.1) is 0 Å². The Bertz CT molecular complexity index is 819. The number of guanidine groups is 1. The molecule has 150 valence electrons. The maximum atomic E-state index is 12.4. The summed E-state index contributed by atoms with van der Waals surface area (Å²) in [6.45, 7) is 7.10. The monoisotopic (exact) mass is 385 g/mol. The number of nitrogens with one attached hydrogen (secondary N) is 1. The molecule has 2 aromatic heterocycles. The van der Waals surface area contributed by atoms with Crippen LogP contribution in [0.15, 0.2) is 27.8 Å². The van der Waals surface area contributed by atoms with Crippen LogP contribution in [0.3, 0.4) is 0 Å². The lowest BCUT2D eigenvalue weighted by molar-refractivity contribution is 0.0657. The Hall–Kier alpha value is -2.84. The first-order valence-corrected chi connectivity index (χ1v) is 10.0. The third kappa shape index (κ3) is 3.88. The molecule has 28 heavy (non-hydrogen) atoms. The lowest BCUT2D eigenvalue weighted by Gasteiger charge is -2.36. The van der Waals surface area contributed by atoms with Crippen molar-refractivity contribution in [1.29, 1.82) is 0 Å². The number of piperazine rings is 1. The molecule has 9 nitrogen and oxygen atoms in total. The fraction of sp³-hybridized carbons (Fsp3) is 0.579. The van der Waals surface area contributed by atoms with E-state index in [1.807, 2.05) is 4.90 Å². The topological polar surface area (TPSA) is 91.8 Å². The van der Waals surface area contributed by atoms with E-state index >= 15 is 0 Å². The van der Waals surface area contributed by atoms with E-state index in [9.17, 15) is 4.79 Å². The molecule has 1 fully saturated rings. The summed E-state index contributed by atoms with van der Waals surface area (Å²) in [4.78, 5) is 21.2. The molecule has 0 aromatic carbocycles. The fourth-order valence-corrected chi connectivity index (χ4v) is 3.73. The molecule has 0 unspecified atom stereocenters. The number of hydrogen-bond donors (Lipinski definition) is 1. The average molecular weight is 385 g/mol. The van der Waals surface area contributed by atoms with Crippen LogP contribution in [0.1, 0.15) is 42.0 Å². The first-order valence-electron chi connectivity index (χ1n) is 10.0. The summed E-state index contributed by atoms with van der Waals surface area (Å²) < 4.78 is 7.44. The van der Waals surface area contributed by atoms with Gasteiger partial charge in [0.25, 0.3) is 5.91 Å². The molecule has 0 spiro atoms. The van der Waals surface area contributed by atoms with Crippen LogP contribution in [0.5, 0.6) is 0 Å². The lowest BCUT2D eigenvalue weighted by atomic mass is 10.2. The highest BCUT2D eigenvalue weighted by atomic mass is 16.3. The Kier molecular flexibility index (Phi) is 5.59. The Morgan fingerprint density at radius 2 is 2.00 bits per heavy atom. The Morgan fingerprint density at radius 3 is 2.75 bits per heavy atom. The smallest absolute Gasteiger partial charge is 0.289 e. The van der Waals surface area contributed by atoms with Crippen molar-refractivity contribution >= 4 is 11.9 Å². The van der Waals surface area contributed by atoms with E-state index in [-0.39, 0.29) is 5.91 Å². The minimum atomic E-state index is -0.0540. The third-order valence-corrected chi connectivity index (χ3v) is 5.24. The van der Waals surface area contributed by atoms with E-state index < -0.39 is 0 Å². The number of carbonyl (C=O) groups excluding carboxylic acids is 1. The van der Waals surface area contributed by atoms with Crippen molar-refractivity contribution in [3.63, 3.8) is 0 Å². The van der Waals surface area contributed by atoms with Crippen LogP contribution in [-0.2, 0) is 19.5 Å². The zero-order valence-electron chi connectivity index (χ0n) is 16.3. The van der Waals surface area contributed by atoms with Crippen LogP contribution in [0.2, 0.25) is 0 Å². The summed E-state index contributed by atoms with van der Waals surface area (Å²) in [5.74, 6) is 3.20. The SMILES string of the molecule is CCNC(=NCc1nnc2n1CCCC2)N1CCN(C(=O)c2ccco2)CC1. The third-order valence-electron chi connectivity index (χ3n) is 5.24. The summed E-state index contributed by atoms with van der Waals surface area (Å²) in [7, 11) is 0. The van der Waals surface area contributed by atoms with Gasteiger partial charge in [-0.05, 0) is 31.9 Å². The molecule has 2 aliphatic rings. The highest BCUT2D eigenvalue weighted by Gasteiger charge is 2.25. The van der Waals surface area contributed by atoms with Crippen molar-refractivity contribution < 1.29 is 9.21 Å². The Labute approximate surface area is 164 Å². The normalized spacial score (nSPS) is 17.5. The Morgan fingerprint density at radius 1 is 1.18 bits per heavy atom. The number of rotatable bonds is 4. The van der Waals surface area contributed by atoms with Gasteiger partial charge in [-0.15, -0.1) is 10.2 Å². The van der Waals surface area contributed by atoms with E-state index in [4.69, 9.17) is 9.41 Å². The highest BCUT2D eigenvalue weighted by Crippen LogP contribution is 2.15. The van der Waals surface area contributed by atoms with Gasteiger partial charge in [-0.2, -0.15) is 0 Å². The van der Waals surface area contributed by atoms with Crippen molar-refractivity contribution in [1.82, 2.24) is 29.9 Å². The number of carbonyl (C=O) groups is 1. The van der Waals surface area contributed by atoms with E-state index in [0.29, 0.717) is 25.4 Å². The second kappa shape index (κ2) is 8.45. The molecule has 2 aromatic rings. The molecular formula is C19H27N7O2. The van der Waals surface area contributed by atoms with Gasteiger partial charge in [0.05, 0.1) is 6.26 Å². The standard InChI is InChI=1S/C19H27N7O2/c1-2-20-19(21-14-17-23-22-16-7-3-4-8-26(16)17)25-11-9-24(10-12-25)18(27)15-6-5-13-28-15/h5-6,13H,2-4,7-12,14H2,1H3,(H,20,21). The summed E-state index contributed by atoms with van der Waals surface area (Å²) in [6.07, 6.45) is 4.89. The molecule has 2 aliphatic heterocycles. The van der Waals surface area contributed by atoms with E-state index in [1.54, 1.807) is 12.1 Å². The summed E-state index contributed by atoms with van der Waals surface area (Å²) in [5.41, 5.74) is 0. The Balaban J connectivity index is 1.39. The molecule has 9 heteroatoms. The second-order valence-corrected chi connectivity index (χ2v) is 7.07. The van der Waals surface area contributed by atoms with Gasteiger partial charge < -0.3 is 24.1 Å². The maximum absolute atomic E-state index is 12.4. The minimum Gasteiger partial charge on any atom is -0.459 e. The van der Waals surface area contributed by atoms with Gasteiger partial charge in [0.2, 0.25) is 0 Å². The van der Waals surface area contributed by atoms with E-state index in [2.05, 4.69) is 31.9 Å². The summed E-state index contributed by atoms with van der Waals surface area (Å²) >= 11 is 0. The van der Waals surface area contributed by atoms with Crippen molar-refractivity contribution in [2.75, 3.05) is 32.7 Å².